The van der Waals surface area contributed by atoms with Crippen molar-refractivity contribution >= 4 is 0 Å². The van der Waals surface area contributed by atoms with Gasteiger partial charge in [-0.3, -0.25) is 0 Å². The van der Waals surface area contributed by atoms with Crippen LogP contribution in [0.1, 0.15) is 70.6 Å². The minimum absolute atomic E-state index is 0.0310. The molecule has 41 heavy (non-hydrogen) atoms. The summed E-state index contributed by atoms with van der Waals surface area (Å²) in [6, 6.07) is 0.596. The molecule has 0 heterocycles. The van der Waals surface area contributed by atoms with Crippen molar-refractivity contribution in [3.05, 3.63) is 54.1 Å². The van der Waals surface area contributed by atoms with Gasteiger partial charge in [0.1, 0.15) is 5.75 Å². The summed E-state index contributed by atoms with van der Waals surface area (Å²) >= 11 is 0. The zero-order chi connectivity index (χ0) is 30.0. The number of halogens is 9. The molecule has 0 amide bonds. The number of rotatable bonds is 10. The molecule has 1 atom stereocenters. The molecule has 0 N–H and O–H groups in total. The topological polar surface area (TPSA) is 27.7 Å². The molecule has 0 bridgehead atoms. The van der Waals surface area contributed by atoms with Gasteiger partial charge in [-0.05, 0) is 76.2 Å². The lowest BCUT2D eigenvalue weighted by Crippen LogP contribution is -2.42. The van der Waals surface area contributed by atoms with E-state index < -0.39 is 65.4 Å². The van der Waals surface area contributed by atoms with Gasteiger partial charge in [-0.15, -0.1) is 6.58 Å². The van der Waals surface area contributed by atoms with Crippen molar-refractivity contribution in [2.75, 3.05) is 0 Å². The zero-order valence-corrected chi connectivity index (χ0v) is 22.3. The molecule has 4 rings (SSSR count). The van der Waals surface area contributed by atoms with Crippen LogP contribution in [0.5, 0.6) is 5.75 Å². The van der Waals surface area contributed by atoms with Crippen LogP contribution >= 0.6 is 0 Å². The molecule has 0 aromatic heterocycles. The summed E-state index contributed by atoms with van der Waals surface area (Å²) in [6.45, 7) is 3.70. The van der Waals surface area contributed by atoms with Gasteiger partial charge in [0.25, 0.3) is 0 Å². The monoisotopic (exact) mass is 600 g/mol. The normalized spacial score (nSPS) is 28.1. The smallest absolute Gasteiger partial charge is 0.400 e. The fourth-order valence-corrected chi connectivity index (χ4v) is 5.82. The Kier molecular flexibility index (Phi) is 9.60. The molecule has 1 unspecified atom stereocenters. The zero-order valence-electron chi connectivity index (χ0n) is 22.3. The Morgan fingerprint density at radius 3 is 1.73 bits per heavy atom. The predicted molar refractivity (Wildman–Crippen MR) is 131 cm³/mol. The molecule has 2 saturated carbocycles. The van der Waals surface area contributed by atoms with Crippen LogP contribution in [-0.2, 0) is 9.47 Å². The van der Waals surface area contributed by atoms with Crippen molar-refractivity contribution < 1.29 is 53.7 Å². The van der Waals surface area contributed by atoms with Crippen LogP contribution < -0.4 is 4.74 Å². The van der Waals surface area contributed by atoms with Gasteiger partial charge in [-0.25, -0.2) is 13.2 Å². The van der Waals surface area contributed by atoms with E-state index in [1.54, 1.807) is 6.08 Å². The predicted octanol–water partition coefficient (Wildman–Crippen LogP) is 9.53. The Hall–Kier alpha value is -2.37. The summed E-state index contributed by atoms with van der Waals surface area (Å²) in [7, 11) is 0. The minimum Gasteiger partial charge on any atom is -0.437 e. The Labute approximate surface area is 232 Å². The highest BCUT2D eigenvalue weighted by atomic mass is 19.3. The van der Waals surface area contributed by atoms with Gasteiger partial charge in [-0.1, -0.05) is 6.08 Å². The average Bonchev–Trinajstić information content (AvgIpc) is 2.91. The second kappa shape index (κ2) is 12.5. The van der Waals surface area contributed by atoms with Crippen molar-refractivity contribution in [1.29, 1.82) is 0 Å². The van der Waals surface area contributed by atoms with E-state index >= 15 is 0 Å². The molecule has 0 spiro atoms. The third kappa shape index (κ3) is 7.73. The largest absolute Gasteiger partial charge is 0.437 e. The van der Waals surface area contributed by atoms with Crippen molar-refractivity contribution in [3.8, 4) is 5.75 Å². The van der Waals surface area contributed by atoms with Crippen LogP contribution in [-0.4, -0.2) is 24.4 Å². The van der Waals surface area contributed by atoms with Crippen molar-refractivity contribution in [3.63, 3.8) is 0 Å². The molecular weight excluding hydrogens is 567 g/mol. The SMILES string of the molecule is C=CC1CCC(C(F)(F)OC2=CCC(C(F)(F)OC3CCC(C(F)(F)Oc4cc(F)c(F)c(F)c4)CC3)CC2)CC1. The van der Waals surface area contributed by atoms with Crippen LogP contribution in [0.15, 0.2) is 36.6 Å². The van der Waals surface area contributed by atoms with Crippen LogP contribution in [0.4, 0.5) is 39.5 Å². The van der Waals surface area contributed by atoms with Crippen molar-refractivity contribution in [1.82, 2.24) is 0 Å². The van der Waals surface area contributed by atoms with Gasteiger partial charge in [0.05, 0.1) is 29.6 Å². The molecule has 0 radical (unpaired) electrons. The molecule has 230 valence electrons. The van der Waals surface area contributed by atoms with Crippen LogP contribution in [0.3, 0.4) is 0 Å². The first-order valence-corrected chi connectivity index (χ1v) is 13.9. The van der Waals surface area contributed by atoms with E-state index in [4.69, 9.17) is 9.47 Å². The fraction of sp³-hybridized carbons (Fsp3) is 0.655. The average molecular weight is 601 g/mol. The number of ether oxygens (including phenoxy) is 3. The van der Waals surface area contributed by atoms with E-state index in [1.165, 1.54) is 6.08 Å². The fourth-order valence-electron chi connectivity index (χ4n) is 5.82. The van der Waals surface area contributed by atoms with E-state index in [0.29, 0.717) is 25.0 Å². The molecule has 3 aliphatic carbocycles. The van der Waals surface area contributed by atoms with Crippen LogP contribution in [0.25, 0.3) is 0 Å². The molecule has 0 aliphatic heterocycles. The highest BCUT2D eigenvalue weighted by Crippen LogP contribution is 2.45. The first kappa shape index (κ1) is 31.6. The van der Waals surface area contributed by atoms with E-state index in [-0.39, 0.29) is 69.5 Å². The lowest BCUT2D eigenvalue weighted by atomic mass is 9.81. The molecule has 3 nitrogen and oxygen atoms in total. The molecule has 1 aromatic carbocycles. The lowest BCUT2D eigenvalue weighted by molar-refractivity contribution is -0.303. The maximum absolute atomic E-state index is 14.9. The Bertz CT molecular complexity index is 1070. The number of allylic oxidation sites excluding steroid dienone is 3. The molecule has 2 fully saturated rings. The summed E-state index contributed by atoms with van der Waals surface area (Å²) in [5, 5.41) is 0. The Balaban J connectivity index is 1.25. The number of hydrogen-bond acceptors (Lipinski definition) is 3. The van der Waals surface area contributed by atoms with Crippen molar-refractivity contribution in [2.45, 2.75) is 95.1 Å². The molecule has 12 heteroatoms. The molecule has 3 aliphatic rings. The van der Waals surface area contributed by atoms with Crippen molar-refractivity contribution in [2.24, 2.45) is 23.7 Å². The van der Waals surface area contributed by atoms with E-state index in [0.717, 1.165) is 0 Å². The highest BCUT2D eigenvalue weighted by molar-refractivity contribution is 5.25. The quantitative estimate of drug-likeness (QED) is 0.152. The van der Waals surface area contributed by atoms with Crippen LogP contribution in [0.2, 0.25) is 0 Å². The second-order valence-electron chi connectivity index (χ2n) is 11.2. The van der Waals surface area contributed by atoms with E-state index in [9.17, 15) is 39.5 Å². The summed E-state index contributed by atoms with van der Waals surface area (Å²) in [5.74, 6) is -9.62. The van der Waals surface area contributed by atoms with Gasteiger partial charge in [0.15, 0.2) is 17.5 Å². The summed E-state index contributed by atoms with van der Waals surface area (Å²) in [6.07, 6.45) is -8.51. The molecular formula is C29H33F9O3. The number of benzene rings is 1. The Morgan fingerprint density at radius 1 is 0.683 bits per heavy atom. The van der Waals surface area contributed by atoms with Gasteiger partial charge in [0, 0.05) is 18.6 Å². The third-order valence-electron chi connectivity index (χ3n) is 8.38. The maximum atomic E-state index is 14.9. The van der Waals surface area contributed by atoms with Gasteiger partial charge in [-0.2, -0.15) is 26.3 Å². The maximum Gasteiger partial charge on any atom is 0.400 e. The van der Waals surface area contributed by atoms with E-state index in [2.05, 4.69) is 11.3 Å². The minimum atomic E-state index is -3.89. The summed E-state index contributed by atoms with van der Waals surface area (Å²) in [5.41, 5.74) is 0. The second-order valence-corrected chi connectivity index (χ2v) is 11.2. The number of alkyl halides is 6. The van der Waals surface area contributed by atoms with Gasteiger partial charge >= 0.3 is 18.3 Å². The molecule has 1 aromatic rings. The van der Waals surface area contributed by atoms with Gasteiger partial charge in [0.2, 0.25) is 0 Å². The third-order valence-corrected chi connectivity index (χ3v) is 8.38. The Morgan fingerprint density at radius 2 is 1.22 bits per heavy atom. The first-order chi connectivity index (χ1) is 19.2. The van der Waals surface area contributed by atoms with E-state index in [1.807, 2.05) is 0 Å². The summed E-state index contributed by atoms with van der Waals surface area (Å²) < 4.78 is 143. The standard InChI is InChI=1S/C29H33F9O3/c1-2-17-3-5-18(6-4-17)27(33,34)39-21-11-7-19(8-12-21)28(35,36)40-22-13-9-20(10-14-22)29(37,38)41-23-15-24(30)26(32)25(31)16-23/h2,11,15-20,22H,1,3-10,12-14H2. The lowest BCUT2D eigenvalue weighted by Gasteiger charge is -2.37. The summed E-state index contributed by atoms with van der Waals surface area (Å²) in [4.78, 5) is 0. The number of hydrogen-bond donors (Lipinski definition) is 0. The first-order valence-electron chi connectivity index (χ1n) is 13.9. The molecule has 0 saturated heterocycles. The van der Waals surface area contributed by atoms with Crippen LogP contribution in [0, 0.1) is 41.1 Å². The van der Waals surface area contributed by atoms with Gasteiger partial charge < -0.3 is 14.2 Å². The highest BCUT2D eigenvalue weighted by Gasteiger charge is 2.49.